The lowest BCUT2D eigenvalue weighted by Gasteiger charge is -2.24. The van der Waals surface area contributed by atoms with Crippen molar-refractivity contribution < 1.29 is 9.59 Å². The molecule has 0 saturated carbocycles. The van der Waals surface area contributed by atoms with Crippen LogP contribution in [0.1, 0.15) is 24.1 Å². The number of nitrogens with zero attached hydrogens (tertiary/aromatic N) is 1. The number of urea groups is 1. The van der Waals surface area contributed by atoms with E-state index in [-0.39, 0.29) is 18.0 Å². The van der Waals surface area contributed by atoms with Gasteiger partial charge in [-0.3, -0.25) is 4.79 Å². The predicted octanol–water partition coefficient (Wildman–Crippen LogP) is 3.44. The summed E-state index contributed by atoms with van der Waals surface area (Å²) < 4.78 is 0. The Morgan fingerprint density at radius 3 is 2.56 bits per heavy atom. The molecule has 1 atom stereocenters. The van der Waals surface area contributed by atoms with E-state index >= 15 is 0 Å². The van der Waals surface area contributed by atoms with Crippen LogP contribution in [0, 0.1) is 6.92 Å². The zero-order valence-electron chi connectivity index (χ0n) is 14.9. The Bertz CT molecular complexity index is 729. The Morgan fingerprint density at radius 2 is 1.96 bits per heavy atom. The molecule has 0 aliphatic heterocycles. The fourth-order valence-electron chi connectivity index (χ4n) is 2.45. The van der Waals surface area contributed by atoms with Gasteiger partial charge in [0.25, 0.3) is 0 Å². The maximum atomic E-state index is 12.2. The van der Waals surface area contributed by atoms with Crippen LogP contribution in [0.15, 0.2) is 35.0 Å². The zero-order valence-corrected chi connectivity index (χ0v) is 15.7. The van der Waals surface area contributed by atoms with Crippen LogP contribution in [0.2, 0.25) is 0 Å². The van der Waals surface area contributed by atoms with E-state index in [1.54, 1.807) is 17.4 Å². The molecule has 2 aromatic rings. The summed E-state index contributed by atoms with van der Waals surface area (Å²) in [4.78, 5) is 25.5. The largest absolute Gasteiger partial charge is 0.336 e. The third-order valence-electron chi connectivity index (χ3n) is 3.81. The summed E-state index contributed by atoms with van der Waals surface area (Å²) in [6, 6.07) is 7.31. The minimum Gasteiger partial charge on any atom is -0.336 e. The van der Waals surface area contributed by atoms with Gasteiger partial charge >= 0.3 is 6.03 Å². The van der Waals surface area contributed by atoms with Crippen LogP contribution < -0.4 is 16.0 Å². The van der Waals surface area contributed by atoms with E-state index < -0.39 is 0 Å². The van der Waals surface area contributed by atoms with Crippen LogP contribution in [0.3, 0.4) is 0 Å². The molecule has 1 aromatic heterocycles. The van der Waals surface area contributed by atoms with Gasteiger partial charge in [0.15, 0.2) is 0 Å². The average molecular weight is 360 g/mol. The number of hydrogen-bond acceptors (Lipinski definition) is 4. The van der Waals surface area contributed by atoms with Gasteiger partial charge in [-0.25, -0.2) is 4.79 Å². The molecule has 1 heterocycles. The number of likely N-dealkylation sites (N-methyl/N-ethyl adjacent to an activating group) is 1. The summed E-state index contributed by atoms with van der Waals surface area (Å²) in [5.74, 6) is -0.144. The van der Waals surface area contributed by atoms with Crippen molar-refractivity contribution in [1.82, 2.24) is 10.2 Å². The molecule has 2 rings (SSSR count). The first kappa shape index (κ1) is 19.0. The fourth-order valence-corrected chi connectivity index (χ4v) is 3.16. The normalized spacial score (nSPS) is 11.9. The van der Waals surface area contributed by atoms with Crippen molar-refractivity contribution in [3.63, 3.8) is 0 Å². The topological polar surface area (TPSA) is 73.5 Å². The smallest absolute Gasteiger partial charge is 0.319 e. The molecular formula is C18H24N4O2S. The van der Waals surface area contributed by atoms with E-state index in [0.717, 1.165) is 5.56 Å². The van der Waals surface area contributed by atoms with E-state index in [1.807, 2.05) is 38.5 Å². The fraction of sp³-hybridized carbons (Fsp3) is 0.333. The highest BCUT2D eigenvalue weighted by Gasteiger charge is 2.15. The van der Waals surface area contributed by atoms with E-state index in [9.17, 15) is 9.59 Å². The molecule has 25 heavy (non-hydrogen) atoms. The molecule has 0 spiro atoms. The van der Waals surface area contributed by atoms with E-state index in [1.165, 1.54) is 12.5 Å². The van der Waals surface area contributed by atoms with Gasteiger partial charge in [0.1, 0.15) is 0 Å². The minimum absolute atomic E-state index is 0.116. The Labute approximate surface area is 152 Å². The second-order valence-corrected chi connectivity index (χ2v) is 6.86. The van der Waals surface area contributed by atoms with Gasteiger partial charge in [0.05, 0.1) is 6.04 Å². The van der Waals surface area contributed by atoms with Crippen molar-refractivity contribution in [2.45, 2.75) is 19.9 Å². The maximum absolute atomic E-state index is 12.2. The number of thiophene rings is 1. The van der Waals surface area contributed by atoms with Crippen LogP contribution in [0.5, 0.6) is 0 Å². The van der Waals surface area contributed by atoms with Crippen LogP contribution in [-0.4, -0.2) is 37.5 Å². The molecular weight excluding hydrogens is 336 g/mol. The summed E-state index contributed by atoms with van der Waals surface area (Å²) in [6.07, 6.45) is 0. The maximum Gasteiger partial charge on any atom is 0.319 e. The third kappa shape index (κ3) is 5.58. The molecule has 7 heteroatoms. The number of anilines is 2. The Balaban J connectivity index is 1.97. The van der Waals surface area contributed by atoms with Crippen LogP contribution in [0.25, 0.3) is 0 Å². The highest BCUT2D eigenvalue weighted by Crippen LogP contribution is 2.21. The third-order valence-corrected chi connectivity index (χ3v) is 4.51. The van der Waals surface area contributed by atoms with Gasteiger partial charge in [-0.2, -0.15) is 11.3 Å². The highest BCUT2D eigenvalue weighted by atomic mass is 32.1. The summed E-state index contributed by atoms with van der Waals surface area (Å²) in [6.45, 7) is 3.86. The van der Waals surface area contributed by atoms with Gasteiger partial charge in [-0.05, 0) is 61.1 Å². The molecule has 1 aromatic carbocycles. The van der Waals surface area contributed by atoms with Gasteiger partial charge in [0.2, 0.25) is 5.91 Å². The van der Waals surface area contributed by atoms with E-state index in [2.05, 4.69) is 32.3 Å². The van der Waals surface area contributed by atoms with Gasteiger partial charge in [-0.15, -0.1) is 0 Å². The number of nitrogens with one attached hydrogen (secondary N) is 3. The number of amides is 3. The predicted molar refractivity (Wildman–Crippen MR) is 103 cm³/mol. The molecule has 134 valence electrons. The van der Waals surface area contributed by atoms with Gasteiger partial charge in [0, 0.05) is 24.8 Å². The summed E-state index contributed by atoms with van der Waals surface area (Å²) in [7, 11) is 3.98. The van der Waals surface area contributed by atoms with Crippen molar-refractivity contribution >= 4 is 34.6 Å². The summed E-state index contributed by atoms with van der Waals surface area (Å²) in [5, 5.41) is 12.6. The lowest BCUT2D eigenvalue weighted by molar-refractivity contribution is -0.114. The second-order valence-electron chi connectivity index (χ2n) is 6.08. The van der Waals surface area contributed by atoms with Crippen LogP contribution in [0.4, 0.5) is 16.2 Å². The lowest BCUT2D eigenvalue weighted by atomic mass is 10.1. The van der Waals surface area contributed by atoms with Crippen LogP contribution in [-0.2, 0) is 4.79 Å². The standard InChI is InChI=1S/C18H24N4O2S/c1-12-5-6-15(9-16(12)20-13(2)23)21-18(24)19-10-17(22(3)4)14-7-8-25-11-14/h5-9,11,17H,10H2,1-4H3,(H,20,23)(H2,19,21,24). The Morgan fingerprint density at radius 1 is 1.20 bits per heavy atom. The Kier molecular flexibility index (Phi) is 6.55. The van der Waals surface area contributed by atoms with Crippen molar-refractivity contribution in [2.24, 2.45) is 0 Å². The second kappa shape index (κ2) is 8.64. The number of rotatable bonds is 6. The van der Waals surface area contributed by atoms with Gasteiger partial charge < -0.3 is 20.9 Å². The molecule has 3 amide bonds. The lowest BCUT2D eigenvalue weighted by Crippen LogP contribution is -2.36. The van der Waals surface area contributed by atoms with Crippen molar-refractivity contribution in [1.29, 1.82) is 0 Å². The first-order valence-electron chi connectivity index (χ1n) is 7.98. The Hall–Kier alpha value is -2.38. The number of carbonyl (C=O) groups is 2. The summed E-state index contributed by atoms with van der Waals surface area (Å²) >= 11 is 1.64. The molecule has 1 unspecified atom stereocenters. The van der Waals surface area contributed by atoms with E-state index in [0.29, 0.717) is 17.9 Å². The molecule has 3 N–H and O–H groups in total. The SMILES string of the molecule is CC(=O)Nc1cc(NC(=O)NCC(c2ccsc2)N(C)C)ccc1C. The van der Waals surface area contributed by atoms with E-state index in [4.69, 9.17) is 0 Å². The molecule has 6 nitrogen and oxygen atoms in total. The average Bonchev–Trinajstić information content (AvgIpc) is 3.04. The number of hydrogen-bond donors (Lipinski definition) is 3. The zero-order chi connectivity index (χ0) is 18.4. The monoisotopic (exact) mass is 360 g/mol. The quantitative estimate of drug-likeness (QED) is 0.739. The first-order chi connectivity index (χ1) is 11.9. The van der Waals surface area contributed by atoms with Crippen molar-refractivity contribution in [3.05, 3.63) is 46.2 Å². The number of benzene rings is 1. The molecule has 0 aliphatic rings. The minimum atomic E-state index is -0.278. The van der Waals surface area contributed by atoms with Crippen LogP contribution >= 0.6 is 11.3 Å². The molecule has 0 bridgehead atoms. The highest BCUT2D eigenvalue weighted by molar-refractivity contribution is 7.07. The number of carbonyl (C=O) groups excluding carboxylic acids is 2. The molecule has 0 aliphatic carbocycles. The number of aryl methyl sites for hydroxylation is 1. The van der Waals surface area contributed by atoms with Gasteiger partial charge in [-0.1, -0.05) is 6.07 Å². The molecule has 0 fully saturated rings. The summed E-state index contributed by atoms with van der Waals surface area (Å²) in [5.41, 5.74) is 3.43. The molecule has 0 saturated heterocycles. The van der Waals surface area contributed by atoms with Crippen molar-refractivity contribution in [3.8, 4) is 0 Å². The van der Waals surface area contributed by atoms with Crippen molar-refractivity contribution in [2.75, 3.05) is 31.3 Å². The first-order valence-corrected chi connectivity index (χ1v) is 8.92. The molecule has 0 radical (unpaired) electrons.